The van der Waals surface area contributed by atoms with Crippen LogP contribution in [0.1, 0.15) is 30.5 Å². The van der Waals surface area contributed by atoms with Crippen LogP contribution in [0.3, 0.4) is 0 Å². The minimum atomic E-state index is -3.65. The van der Waals surface area contributed by atoms with E-state index in [-0.39, 0.29) is 0 Å². The van der Waals surface area contributed by atoms with E-state index in [9.17, 15) is 8.42 Å². The zero-order valence-corrected chi connectivity index (χ0v) is 15.7. The third-order valence-electron chi connectivity index (χ3n) is 4.61. The molecule has 25 heavy (non-hydrogen) atoms. The first kappa shape index (κ1) is 17.5. The van der Waals surface area contributed by atoms with Gasteiger partial charge in [-0.1, -0.05) is 56.3 Å². The average molecular weight is 353 g/mol. The highest BCUT2D eigenvalue weighted by Crippen LogP contribution is 2.31. The molecule has 0 aliphatic carbocycles. The fourth-order valence-corrected chi connectivity index (χ4v) is 4.75. The molecule has 130 valence electrons. The minimum absolute atomic E-state index is 0.367. The largest absolute Gasteiger partial charge is 0.279 e. The van der Waals surface area contributed by atoms with Crippen LogP contribution in [-0.2, 0) is 22.9 Å². The summed E-state index contributed by atoms with van der Waals surface area (Å²) in [5.74, 6) is 0. The van der Waals surface area contributed by atoms with Crippen LogP contribution in [-0.4, -0.2) is 8.42 Å². The molecule has 0 unspecified atom stereocenters. The zero-order chi connectivity index (χ0) is 18.0. The fraction of sp³-hybridized carbons (Fsp3) is 0.238. The summed E-state index contributed by atoms with van der Waals surface area (Å²) in [4.78, 5) is 0.367. The molecule has 4 heteroatoms. The Morgan fingerprint density at radius 2 is 1.64 bits per heavy atom. The third kappa shape index (κ3) is 3.27. The van der Waals surface area contributed by atoms with Crippen molar-refractivity contribution in [2.24, 2.45) is 0 Å². The molecule has 1 N–H and O–H groups in total. The third-order valence-corrected chi connectivity index (χ3v) is 6.06. The Morgan fingerprint density at radius 3 is 2.32 bits per heavy atom. The van der Waals surface area contributed by atoms with Crippen LogP contribution in [0.5, 0.6) is 0 Å². The number of benzene rings is 3. The zero-order valence-electron chi connectivity index (χ0n) is 14.8. The lowest BCUT2D eigenvalue weighted by atomic mass is 9.96. The Kier molecular flexibility index (Phi) is 4.82. The second kappa shape index (κ2) is 6.89. The molecule has 0 radical (unpaired) electrons. The second-order valence-corrected chi connectivity index (χ2v) is 7.84. The number of hydrogen-bond donors (Lipinski definition) is 1. The van der Waals surface area contributed by atoms with E-state index in [1.807, 2.05) is 50.2 Å². The predicted molar refractivity (Wildman–Crippen MR) is 105 cm³/mol. The maximum absolute atomic E-state index is 13.1. The van der Waals surface area contributed by atoms with Gasteiger partial charge in [0.2, 0.25) is 0 Å². The van der Waals surface area contributed by atoms with Gasteiger partial charge >= 0.3 is 0 Å². The van der Waals surface area contributed by atoms with Crippen LogP contribution in [0.25, 0.3) is 10.8 Å². The van der Waals surface area contributed by atoms with Gasteiger partial charge in [0, 0.05) is 0 Å². The van der Waals surface area contributed by atoms with Crippen molar-refractivity contribution in [1.82, 2.24) is 0 Å². The molecule has 0 aromatic heterocycles. The topological polar surface area (TPSA) is 46.2 Å². The summed E-state index contributed by atoms with van der Waals surface area (Å²) in [7, 11) is -3.65. The quantitative estimate of drug-likeness (QED) is 0.696. The first-order valence-electron chi connectivity index (χ1n) is 8.59. The van der Waals surface area contributed by atoms with Crippen LogP contribution >= 0.6 is 0 Å². The van der Waals surface area contributed by atoms with Crippen LogP contribution in [0.15, 0.2) is 59.5 Å². The van der Waals surface area contributed by atoms with Crippen molar-refractivity contribution in [3.8, 4) is 0 Å². The average Bonchev–Trinajstić information content (AvgIpc) is 2.61. The van der Waals surface area contributed by atoms with E-state index in [0.29, 0.717) is 17.0 Å². The van der Waals surface area contributed by atoms with Gasteiger partial charge in [0.15, 0.2) is 0 Å². The molecule has 0 heterocycles. The van der Waals surface area contributed by atoms with Gasteiger partial charge in [-0.15, -0.1) is 0 Å². The van der Waals surface area contributed by atoms with Gasteiger partial charge in [-0.3, -0.25) is 4.72 Å². The maximum atomic E-state index is 13.1. The number of para-hydroxylation sites is 1. The van der Waals surface area contributed by atoms with Gasteiger partial charge in [0.25, 0.3) is 10.0 Å². The molecule has 0 aliphatic rings. The molecule has 3 nitrogen and oxygen atoms in total. The van der Waals surface area contributed by atoms with Crippen LogP contribution in [0, 0.1) is 6.92 Å². The predicted octanol–water partition coefficient (Wildman–Crippen LogP) is 5.07. The van der Waals surface area contributed by atoms with Crippen molar-refractivity contribution in [2.45, 2.75) is 38.5 Å². The van der Waals surface area contributed by atoms with E-state index < -0.39 is 10.0 Å². The highest BCUT2D eigenvalue weighted by Gasteiger charge is 2.21. The van der Waals surface area contributed by atoms with Gasteiger partial charge in [0.05, 0.1) is 10.6 Å². The van der Waals surface area contributed by atoms with Crippen molar-refractivity contribution >= 4 is 26.5 Å². The lowest BCUT2D eigenvalue weighted by Gasteiger charge is -2.16. The summed E-state index contributed by atoms with van der Waals surface area (Å²) in [5, 5.41) is 2.16. The van der Waals surface area contributed by atoms with E-state index in [4.69, 9.17) is 0 Å². The Hall–Kier alpha value is -2.33. The summed E-state index contributed by atoms with van der Waals surface area (Å²) in [6.45, 7) is 6.00. The molecule has 0 saturated heterocycles. The van der Waals surface area contributed by atoms with Crippen molar-refractivity contribution in [3.63, 3.8) is 0 Å². The lowest BCUT2D eigenvalue weighted by Crippen LogP contribution is -2.16. The number of anilines is 1. The minimum Gasteiger partial charge on any atom is -0.279 e. The van der Waals surface area contributed by atoms with Gasteiger partial charge in [-0.05, 0) is 59.4 Å². The molecule has 0 bridgehead atoms. The number of fused-ring (bicyclic) bond motifs is 1. The second-order valence-electron chi connectivity index (χ2n) is 6.19. The van der Waals surface area contributed by atoms with Crippen molar-refractivity contribution in [2.75, 3.05) is 4.72 Å². The smallest absolute Gasteiger partial charge is 0.262 e. The molecular formula is C21H23NO2S. The lowest BCUT2D eigenvalue weighted by molar-refractivity contribution is 0.600. The number of hydrogen-bond acceptors (Lipinski definition) is 2. The number of aryl methyl sites for hydroxylation is 3. The Bertz CT molecular complexity index is 1020. The van der Waals surface area contributed by atoms with Gasteiger partial charge in [0.1, 0.15) is 0 Å². The molecule has 0 amide bonds. The van der Waals surface area contributed by atoms with E-state index in [2.05, 4.69) is 17.7 Å². The van der Waals surface area contributed by atoms with Crippen LogP contribution in [0.4, 0.5) is 5.69 Å². The number of sulfonamides is 1. The molecule has 0 aliphatic heterocycles. The Balaban J connectivity index is 2.19. The molecule has 0 atom stereocenters. The first-order valence-corrected chi connectivity index (χ1v) is 10.1. The molecule has 3 rings (SSSR count). The van der Waals surface area contributed by atoms with E-state index >= 15 is 0 Å². The monoisotopic (exact) mass is 353 g/mol. The Labute approximate surface area is 149 Å². The molecular weight excluding hydrogens is 330 g/mol. The van der Waals surface area contributed by atoms with E-state index in [1.165, 1.54) is 5.56 Å². The normalized spacial score (nSPS) is 11.6. The molecule has 3 aromatic rings. The summed E-state index contributed by atoms with van der Waals surface area (Å²) >= 11 is 0. The van der Waals surface area contributed by atoms with Gasteiger partial charge in [-0.2, -0.15) is 0 Å². The van der Waals surface area contributed by atoms with Gasteiger partial charge in [-0.25, -0.2) is 8.42 Å². The van der Waals surface area contributed by atoms with E-state index in [0.717, 1.165) is 28.3 Å². The summed E-state index contributed by atoms with van der Waals surface area (Å²) in [6.07, 6.45) is 1.54. The summed E-state index contributed by atoms with van der Waals surface area (Å²) in [5.41, 5.74) is 3.59. The number of rotatable bonds is 5. The van der Waals surface area contributed by atoms with E-state index in [1.54, 1.807) is 12.1 Å². The molecule has 0 spiro atoms. The summed E-state index contributed by atoms with van der Waals surface area (Å²) in [6, 6.07) is 17.2. The van der Waals surface area contributed by atoms with Crippen molar-refractivity contribution in [1.29, 1.82) is 0 Å². The standard InChI is InChI=1S/C21H23NO2S/c1-4-16-10-8-11-17-13-14-20(18(5-2)21(16)17)25(23,24)22-19-12-7-6-9-15(19)3/h6-14,22H,4-5H2,1-3H3. The highest BCUT2D eigenvalue weighted by molar-refractivity contribution is 7.92. The fourth-order valence-electron chi connectivity index (χ4n) is 3.30. The Morgan fingerprint density at radius 1 is 0.880 bits per heavy atom. The van der Waals surface area contributed by atoms with Crippen molar-refractivity contribution < 1.29 is 8.42 Å². The highest BCUT2D eigenvalue weighted by atomic mass is 32.2. The van der Waals surface area contributed by atoms with Crippen LogP contribution in [0.2, 0.25) is 0 Å². The molecule has 0 fully saturated rings. The SMILES string of the molecule is CCc1cccc2ccc(S(=O)(=O)Nc3ccccc3C)c(CC)c12. The number of nitrogens with one attached hydrogen (secondary N) is 1. The first-order chi connectivity index (χ1) is 12.0. The van der Waals surface area contributed by atoms with Crippen molar-refractivity contribution in [3.05, 3.63) is 71.3 Å². The molecule has 3 aromatic carbocycles. The van der Waals surface area contributed by atoms with Crippen LogP contribution < -0.4 is 4.72 Å². The summed E-state index contributed by atoms with van der Waals surface area (Å²) < 4.78 is 28.9. The molecule has 0 saturated carbocycles. The van der Waals surface area contributed by atoms with Gasteiger partial charge < -0.3 is 0 Å². The maximum Gasteiger partial charge on any atom is 0.262 e.